The van der Waals surface area contributed by atoms with Gasteiger partial charge >= 0.3 is 10.3 Å². The molecule has 4 N–H and O–H groups in total. The molecule has 0 amide bonds. The number of aromatic nitrogens is 2. The number of halogens is 1. The van der Waals surface area contributed by atoms with Crippen LogP contribution in [0.2, 0.25) is 0 Å². The van der Waals surface area contributed by atoms with Gasteiger partial charge < -0.3 is 25.1 Å². The Hall–Kier alpha value is -3.52. The lowest BCUT2D eigenvalue weighted by molar-refractivity contribution is 0.0337. The first-order valence-electron chi connectivity index (χ1n) is 12.4. The average Bonchev–Trinajstić information content (AvgIpc) is 2.87. The van der Waals surface area contributed by atoms with Crippen molar-refractivity contribution in [2.45, 2.75) is 19.9 Å². The van der Waals surface area contributed by atoms with Crippen LogP contribution < -0.4 is 20.4 Å². The van der Waals surface area contributed by atoms with Crippen LogP contribution in [0, 0.1) is 5.82 Å². The highest BCUT2D eigenvalue weighted by Crippen LogP contribution is 2.42. The van der Waals surface area contributed by atoms with Gasteiger partial charge in [-0.15, -0.1) is 0 Å². The predicted octanol–water partition coefficient (Wildman–Crippen LogP) is 2.45. The van der Waals surface area contributed by atoms with E-state index in [1.54, 1.807) is 31.2 Å². The number of hydrogen-bond donors (Lipinski definition) is 2. The number of anilines is 2. The van der Waals surface area contributed by atoms with Crippen molar-refractivity contribution in [3.8, 4) is 22.6 Å². The van der Waals surface area contributed by atoms with E-state index in [0.717, 1.165) is 17.4 Å². The van der Waals surface area contributed by atoms with Gasteiger partial charge in [-0.1, -0.05) is 12.1 Å². The molecular formula is C26H33FN6O5S. The van der Waals surface area contributed by atoms with Gasteiger partial charge in [-0.25, -0.2) is 9.37 Å². The number of nitrogen functional groups attached to an aromatic ring is 2. The van der Waals surface area contributed by atoms with E-state index in [1.807, 2.05) is 0 Å². The van der Waals surface area contributed by atoms with E-state index in [-0.39, 0.29) is 30.5 Å². The fourth-order valence-corrected chi connectivity index (χ4v) is 4.68. The second kappa shape index (κ2) is 12.1. The summed E-state index contributed by atoms with van der Waals surface area (Å²) in [6.45, 7) is 5.18. The second-order valence-electron chi connectivity index (χ2n) is 9.23. The van der Waals surface area contributed by atoms with Crippen molar-refractivity contribution in [3.05, 3.63) is 59.0 Å². The summed E-state index contributed by atoms with van der Waals surface area (Å²) in [4.78, 5) is 10.1. The van der Waals surface area contributed by atoms with Crippen LogP contribution in [-0.4, -0.2) is 74.6 Å². The van der Waals surface area contributed by atoms with E-state index in [2.05, 4.69) is 14.9 Å². The van der Waals surface area contributed by atoms with Gasteiger partial charge in [0.1, 0.15) is 17.4 Å². The fraction of sp³-hybridized carbons (Fsp3) is 0.385. The molecule has 0 spiro atoms. The van der Waals surface area contributed by atoms with Crippen LogP contribution in [0.3, 0.4) is 0 Å². The Morgan fingerprint density at radius 1 is 1.10 bits per heavy atom. The van der Waals surface area contributed by atoms with Gasteiger partial charge in [-0.3, -0.25) is 4.90 Å². The maximum Gasteiger partial charge on any atom is 0.384 e. The standard InChI is InChI=1S/C26H33FN6O5S/c1-4-37-22-12-17(11-20-15-30-26(29)31-25(20)28)13-23(38-39(34,35)32(2)3)24(22)18-5-6-19(21(27)14-18)16-33-7-9-36-10-8-33/h5-6,12-15H,4,7-11,16H2,1-3H3,(H4,28,29,30,31). The Balaban J connectivity index is 1.79. The van der Waals surface area contributed by atoms with Crippen molar-refractivity contribution >= 4 is 22.1 Å². The zero-order valence-electron chi connectivity index (χ0n) is 22.2. The Bertz CT molecular complexity index is 1430. The number of morpholine rings is 1. The molecule has 1 aliphatic rings. The maximum absolute atomic E-state index is 15.3. The third-order valence-electron chi connectivity index (χ3n) is 6.22. The maximum atomic E-state index is 15.3. The van der Waals surface area contributed by atoms with Crippen molar-refractivity contribution < 1.29 is 26.5 Å². The molecule has 4 rings (SSSR count). The summed E-state index contributed by atoms with van der Waals surface area (Å²) in [6, 6.07) is 8.10. The molecule has 0 aliphatic carbocycles. The number of hydrogen-bond acceptors (Lipinski definition) is 10. The minimum atomic E-state index is -4.15. The van der Waals surface area contributed by atoms with Crippen LogP contribution in [0.25, 0.3) is 11.1 Å². The van der Waals surface area contributed by atoms with E-state index in [9.17, 15) is 8.42 Å². The molecule has 0 unspecified atom stereocenters. The monoisotopic (exact) mass is 560 g/mol. The lowest BCUT2D eigenvalue weighted by Gasteiger charge is -2.26. The van der Waals surface area contributed by atoms with E-state index >= 15 is 4.39 Å². The number of ether oxygens (including phenoxy) is 2. The topological polar surface area (TPSA) is 146 Å². The number of rotatable bonds is 10. The molecule has 1 aromatic heterocycles. The lowest BCUT2D eigenvalue weighted by atomic mass is 9.97. The summed E-state index contributed by atoms with van der Waals surface area (Å²) in [5.74, 6) is 0.139. The molecule has 0 bridgehead atoms. The average molecular weight is 561 g/mol. The molecule has 1 saturated heterocycles. The predicted molar refractivity (Wildman–Crippen MR) is 146 cm³/mol. The van der Waals surface area contributed by atoms with Crippen molar-refractivity contribution in [2.75, 3.05) is 58.5 Å². The molecule has 2 aromatic carbocycles. The number of nitrogens with two attached hydrogens (primary N) is 2. The first kappa shape index (κ1) is 28.5. The van der Waals surface area contributed by atoms with E-state index in [1.165, 1.54) is 26.4 Å². The van der Waals surface area contributed by atoms with Gasteiger partial charge in [0, 0.05) is 57.5 Å². The Labute approximate surface area is 227 Å². The van der Waals surface area contributed by atoms with Gasteiger partial charge in [-0.05, 0) is 36.2 Å². The number of nitrogens with zero attached hydrogens (tertiary/aromatic N) is 4. The molecule has 1 aliphatic heterocycles. The van der Waals surface area contributed by atoms with Gasteiger partial charge in [-0.2, -0.15) is 17.7 Å². The molecular weight excluding hydrogens is 527 g/mol. The summed E-state index contributed by atoms with van der Waals surface area (Å²) in [7, 11) is -1.44. The zero-order valence-corrected chi connectivity index (χ0v) is 23.0. The first-order valence-corrected chi connectivity index (χ1v) is 13.8. The minimum Gasteiger partial charge on any atom is -0.493 e. The molecule has 210 valence electrons. The quantitative estimate of drug-likeness (QED) is 0.379. The molecule has 39 heavy (non-hydrogen) atoms. The van der Waals surface area contributed by atoms with Crippen molar-refractivity contribution in [2.24, 2.45) is 0 Å². The van der Waals surface area contributed by atoms with E-state index < -0.39 is 16.1 Å². The number of benzene rings is 2. The molecule has 0 radical (unpaired) electrons. The summed E-state index contributed by atoms with van der Waals surface area (Å²) in [5, 5.41) is 0. The first-order chi connectivity index (χ1) is 18.6. The van der Waals surface area contributed by atoms with Gasteiger partial charge in [0.2, 0.25) is 5.95 Å². The summed E-state index contributed by atoms with van der Waals surface area (Å²) < 4.78 is 58.7. The van der Waals surface area contributed by atoms with E-state index in [0.29, 0.717) is 53.3 Å². The summed E-state index contributed by atoms with van der Waals surface area (Å²) in [5.41, 5.74) is 14.1. The minimum absolute atomic E-state index is 0.0140. The molecule has 11 nitrogen and oxygen atoms in total. The van der Waals surface area contributed by atoms with Crippen molar-refractivity contribution in [3.63, 3.8) is 0 Å². The molecule has 0 saturated carbocycles. The highest BCUT2D eigenvalue weighted by atomic mass is 32.2. The largest absolute Gasteiger partial charge is 0.493 e. The summed E-state index contributed by atoms with van der Waals surface area (Å²) in [6.07, 6.45) is 1.75. The third kappa shape index (κ3) is 6.92. The highest BCUT2D eigenvalue weighted by molar-refractivity contribution is 7.84. The smallest absolute Gasteiger partial charge is 0.384 e. The Morgan fingerprint density at radius 3 is 2.46 bits per heavy atom. The van der Waals surface area contributed by atoms with Crippen LogP contribution in [0.5, 0.6) is 11.5 Å². The zero-order chi connectivity index (χ0) is 28.2. The SMILES string of the molecule is CCOc1cc(Cc2cnc(N)nc2N)cc(OS(=O)(=O)N(C)C)c1-c1ccc(CN2CCOCC2)c(F)c1. The molecule has 3 aromatic rings. The highest BCUT2D eigenvalue weighted by Gasteiger charge is 2.24. The molecule has 2 heterocycles. The Morgan fingerprint density at radius 2 is 1.82 bits per heavy atom. The van der Waals surface area contributed by atoms with Gasteiger partial charge in [0.05, 0.1) is 25.4 Å². The summed E-state index contributed by atoms with van der Waals surface area (Å²) >= 11 is 0. The van der Waals surface area contributed by atoms with Crippen molar-refractivity contribution in [1.82, 2.24) is 19.2 Å². The Kier molecular flexibility index (Phi) is 8.85. The van der Waals surface area contributed by atoms with Gasteiger partial charge in [0.25, 0.3) is 0 Å². The van der Waals surface area contributed by atoms with Gasteiger partial charge in [0.15, 0.2) is 5.75 Å². The normalized spacial score (nSPS) is 14.5. The van der Waals surface area contributed by atoms with Crippen LogP contribution in [0.15, 0.2) is 36.5 Å². The van der Waals surface area contributed by atoms with Crippen molar-refractivity contribution in [1.29, 1.82) is 0 Å². The van der Waals surface area contributed by atoms with Crippen LogP contribution in [0.1, 0.15) is 23.6 Å². The van der Waals surface area contributed by atoms with E-state index in [4.69, 9.17) is 25.1 Å². The third-order valence-corrected chi connectivity index (χ3v) is 7.50. The fourth-order valence-electron chi connectivity index (χ4n) is 4.18. The molecule has 1 fully saturated rings. The van der Waals surface area contributed by atoms with Crippen LogP contribution in [0.4, 0.5) is 16.2 Å². The molecule has 0 atom stereocenters. The second-order valence-corrected chi connectivity index (χ2v) is 11.0. The van der Waals surface area contributed by atoms with Crippen LogP contribution >= 0.6 is 0 Å². The van der Waals surface area contributed by atoms with Crippen LogP contribution in [-0.2, 0) is 28.0 Å². The lowest BCUT2D eigenvalue weighted by Crippen LogP contribution is -2.35. The molecule has 13 heteroatoms.